The fraction of sp³-hybridized carbons (Fsp3) is 0.441. The van der Waals surface area contributed by atoms with Crippen molar-refractivity contribution in [2.24, 2.45) is 7.05 Å². The first-order valence-electron chi connectivity index (χ1n) is 15.0. The zero-order valence-corrected chi connectivity index (χ0v) is 24.8. The van der Waals surface area contributed by atoms with Crippen molar-refractivity contribution in [3.8, 4) is 22.3 Å². The van der Waals surface area contributed by atoms with Crippen LogP contribution in [0, 0.1) is 0 Å². The lowest BCUT2D eigenvalue weighted by atomic mass is 9.97. The average molecular weight is 537 g/mol. The molecule has 2 fully saturated rings. The van der Waals surface area contributed by atoms with Gasteiger partial charge < -0.3 is 14.4 Å². The summed E-state index contributed by atoms with van der Waals surface area (Å²) < 4.78 is 2.13. The molecule has 1 aromatic heterocycles. The Kier molecular flexibility index (Phi) is 7.56. The third-order valence-electron chi connectivity index (χ3n) is 9.03. The van der Waals surface area contributed by atoms with E-state index in [4.69, 9.17) is 4.98 Å². The topological polar surface area (TPSA) is 30.8 Å². The van der Waals surface area contributed by atoms with Gasteiger partial charge in [-0.2, -0.15) is 0 Å². The number of piperazine rings is 2. The number of fused-ring (bicyclic) bond motifs is 1. The summed E-state index contributed by atoms with van der Waals surface area (Å²) in [6.45, 7) is 18.0. The number of nitrogens with zero attached hydrogens (tertiary/aromatic N) is 6. The van der Waals surface area contributed by atoms with E-state index in [0.29, 0.717) is 12.1 Å². The van der Waals surface area contributed by atoms with Gasteiger partial charge in [0.2, 0.25) is 0 Å². The Bertz CT molecular complexity index is 1420. The molecule has 2 aliphatic heterocycles. The Hall–Kier alpha value is -3.35. The van der Waals surface area contributed by atoms with Gasteiger partial charge in [0.1, 0.15) is 0 Å². The number of hydrogen-bond acceptors (Lipinski definition) is 5. The minimum Gasteiger partial charge on any atom is -0.369 e. The minimum absolute atomic E-state index is 0.620. The van der Waals surface area contributed by atoms with Crippen molar-refractivity contribution in [1.82, 2.24) is 19.4 Å². The SMILES string of the molecule is CC(C)N1CCN(c2ccc(-c3cc(-c4ccc(N5CCN(C(C)C)CC5)cc4)c4ncn(C)c4c3)cc2)CC1. The molecule has 0 radical (unpaired) electrons. The van der Waals surface area contributed by atoms with Crippen LogP contribution in [0.4, 0.5) is 11.4 Å². The van der Waals surface area contributed by atoms with Gasteiger partial charge in [-0.05, 0) is 80.8 Å². The van der Waals surface area contributed by atoms with Gasteiger partial charge in [-0.25, -0.2) is 4.98 Å². The quantitative estimate of drug-likeness (QED) is 0.303. The largest absolute Gasteiger partial charge is 0.369 e. The fourth-order valence-electron chi connectivity index (χ4n) is 6.33. The van der Waals surface area contributed by atoms with Gasteiger partial charge in [-0.3, -0.25) is 9.80 Å². The standard InChI is InChI=1S/C34H44N6/c1-25(2)37-14-18-39(19-15-37)30-10-6-27(7-11-30)29-22-32(34-33(23-29)36(5)24-35-34)28-8-12-31(13-9-28)40-20-16-38(17-21-40)26(3)4/h6-13,22-26H,14-21H2,1-5H3. The van der Waals surface area contributed by atoms with E-state index in [9.17, 15) is 0 Å². The molecule has 6 heteroatoms. The van der Waals surface area contributed by atoms with Gasteiger partial charge >= 0.3 is 0 Å². The first-order chi connectivity index (χ1) is 19.4. The smallest absolute Gasteiger partial charge is 0.0963 e. The maximum absolute atomic E-state index is 4.80. The van der Waals surface area contributed by atoms with E-state index < -0.39 is 0 Å². The van der Waals surface area contributed by atoms with Crippen molar-refractivity contribution in [1.29, 1.82) is 0 Å². The molecule has 4 aromatic rings. The molecule has 2 aliphatic rings. The highest BCUT2D eigenvalue weighted by Crippen LogP contribution is 2.35. The highest BCUT2D eigenvalue weighted by molar-refractivity contribution is 5.96. The van der Waals surface area contributed by atoms with Gasteiger partial charge in [-0.15, -0.1) is 0 Å². The van der Waals surface area contributed by atoms with Crippen molar-refractivity contribution in [2.45, 2.75) is 39.8 Å². The lowest BCUT2D eigenvalue weighted by Gasteiger charge is -2.38. The second-order valence-corrected chi connectivity index (χ2v) is 12.1. The highest BCUT2D eigenvalue weighted by Gasteiger charge is 2.21. The van der Waals surface area contributed by atoms with Crippen LogP contribution in [0.2, 0.25) is 0 Å². The van der Waals surface area contributed by atoms with Crippen LogP contribution in [-0.2, 0) is 7.05 Å². The van der Waals surface area contributed by atoms with Gasteiger partial charge in [0.05, 0.1) is 17.4 Å². The van der Waals surface area contributed by atoms with E-state index in [0.717, 1.165) is 63.4 Å². The zero-order chi connectivity index (χ0) is 27.8. The summed E-state index contributed by atoms with van der Waals surface area (Å²) >= 11 is 0. The Balaban J connectivity index is 1.24. The number of anilines is 2. The molecule has 2 saturated heterocycles. The molecule has 6 nitrogen and oxygen atoms in total. The second-order valence-electron chi connectivity index (χ2n) is 12.1. The van der Waals surface area contributed by atoms with Crippen LogP contribution in [0.5, 0.6) is 0 Å². The van der Waals surface area contributed by atoms with Crippen LogP contribution in [-0.4, -0.2) is 83.8 Å². The summed E-state index contributed by atoms with van der Waals surface area (Å²) in [6.07, 6.45) is 1.93. The third-order valence-corrected chi connectivity index (χ3v) is 9.03. The molecule has 6 rings (SSSR count). The summed E-state index contributed by atoms with van der Waals surface area (Å²) in [4.78, 5) is 15.0. The molecule has 210 valence electrons. The molecule has 3 aromatic carbocycles. The number of aromatic nitrogens is 2. The van der Waals surface area contributed by atoms with E-state index >= 15 is 0 Å². The van der Waals surface area contributed by atoms with Crippen LogP contribution < -0.4 is 9.80 Å². The Morgan fingerprint density at radius 3 is 1.52 bits per heavy atom. The van der Waals surface area contributed by atoms with Crippen LogP contribution in [0.1, 0.15) is 27.7 Å². The van der Waals surface area contributed by atoms with E-state index in [1.165, 1.54) is 33.6 Å². The number of aryl methyl sites for hydroxylation is 1. The minimum atomic E-state index is 0.620. The average Bonchev–Trinajstić information content (AvgIpc) is 3.37. The van der Waals surface area contributed by atoms with E-state index in [1.807, 2.05) is 6.33 Å². The molecule has 0 spiro atoms. The van der Waals surface area contributed by atoms with Crippen molar-refractivity contribution in [2.75, 3.05) is 62.2 Å². The normalized spacial score (nSPS) is 17.5. The first kappa shape index (κ1) is 26.9. The predicted octanol–water partition coefficient (Wildman–Crippen LogP) is 5.97. The molecule has 0 bridgehead atoms. The molecular weight excluding hydrogens is 492 g/mol. The predicted molar refractivity (Wildman–Crippen MR) is 169 cm³/mol. The van der Waals surface area contributed by atoms with Crippen LogP contribution in [0.25, 0.3) is 33.3 Å². The van der Waals surface area contributed by atoms with Gasteiger partial charge in [0.15, 0.2) is 0 Å². The summed E-state index contributed by atoms with van der Waals surface area (Å²) in [7, 11) is 2.09. The molecule has 0 aliphatic carbocycles. The highest BCUT2D eigenvalue weighted by atomic mass is 15.3. The van der Waals surface area contributed by atoms with Crippen LogP contribution in [0.3, 0.4) is 0 Å². The zero-order valence-electron chi connectivity index (χ0n) is 24.8. The molecule has 0 unspecified atom stereocenters. The van der Waals surface area contributed by atoms with Crippen molar-refractivity contribution >= 4 is 22.4 Å². The van der Waals surface area contributed by atoms with E-state index in [2.05, 4.69) is 120 Å². The van der Waals surface area contributed by atoms with Gasteiger partial charge in [0.25, 0.3) is 0 Å². The fourth-order valence-corrected chi connectivity index (χ4v) is 6.33. The van der Waals surface area contributed by atoms with Crippen molar-refractivity contribution in [3.05, 3.63) is 67.0 Å². The molecule has 0 atom stereocenters. The summed E-state index contributed by atoms with van der Waals surface area (Å²) in [5.41, 5.74) is 9.74. The molecule has 40 heavy (non-hydrogen) atoms. The molecule has 3 heterocycles. The number of rotatable bonds is 6. The Morgan fingerprint density at radius 1 is 0.575 bits per heavy atom. The Morgan fingerprint density at radius 2 is 1.05 bits per heavy atom. The number of imidazole rings is 1. The second kappa shape index (κ2) is 11.3. The molecule has 0 amide bonds. The van der Waals surface area contributed by atoms with Crippen molar-refractivity contribution < 1.29 is 0 Å². The third kappa shape index (κ3) is 5.35. The number of benzene rings is 3. The van der Waals surface area contributed by atoms with Gasteiger partial charge in [0, 0.05) is 88.4 Å². The Labute approximate surface area is 239 Å². The monoisotopic (exact) mass is 536 g/mol. The van der Waals surface area contributed by atoms with Crippen molar-refractivity contribution in [3.63, 3.8) is 0 Å². The maximum Gasteiger partial charge on any atom is 0.0963 e. The lowest BCUT2D eigenvalue weighted by molar-refractivity contribution is 0.209. The summed E-state index contributed by atoms with van der Waals surface area (Å²) in [5.74, 6) is 0. The summed E-state index contributed by atoms with van der Waals surface area (Å²) in [5, 5.41) is 0. The van der Waals surface area contributed by atoms with E-state index in [-0.39, 0.29) is 0 Å². The lowest BCUT2D eigenvalue weighted by Crippen LogP contribution is -2.48. The molecular formula is C34H44N6. The summed E-state index contributed by atoms with van der Waals surface area (Å²) in [6, 6.07) is 24.1. The molecule has 0 saturated carbocycles. The number of hydrogen-bond donors (Lipinski definition) is 0. The van der Waals surface area contributed by atoms with Crippen LogP contribution >= 0.6 is 0 Å². The first-order valence-corrected chi connectivity index (χ1v) is 15.0. The molecule has 0 N–H and O–H groups in total. The van der Waals surface area contributed by atoms with Gasteiger partial charge in [-0.1, -0.05) is 24.3 Å². The van der Waals surface area contributed by atoms with E-state index in [1.54, 1.807) is 0 Å². The maximum atomic E-state index is 4.80. The van der Waals surface area contributed by atoms with Crippen LogP contribution in [0.15, 0.2) is 67.0 Å².